The lowest BCUT2D eigenvalue weighted by molar-refractivity contribution is -0.137. The van der Waals surface area contributed by atoms with E-state index in [9.17, 15) is 13.2 Å². The minimum Gasteiger partial charge on any atom is -0.411 e. The normalized spacial score (nSPS) is 12.9. The van der Waals surface area contributed by atoms with Crippen LogP contribution in [-0.2, 0) is 6.18 Å². The van der Waals surface area contributed by atoms with Crippen molar-refractivity contribution in [3.05, 3.63) is 35.4 Å². The smallest absolute Gasteiger partial charge is 0.411 e. The molecule has 0 aliphatic carbocycles. The molecule has 0 fully saturated rings. The quantitative estimate of drug-likeness (QED) is 0.460. The molecule has 0 spiro atoms. The molecule has 82 valence electrons. The van der Waals surface area contributed by atoms with Crippen LogP contribution in [0.15, 0.2) is 29.4 Å². The van der Waals surface area contributed by atoms with E-state index >= 15 is 0 Å². The number of rotatable bonds is 2. The van der Waals surface area contributed by atoms with Crippen LogP contribution in [0, 0.1) is 0 Å². The fourth-order valence-corrected chi connectivity index (χ4v) is 1.30. The van der Waals surface area contributed by atoms with E-state index in [1.165, 1.54) is 18.2 Å². The zero-order valence-electron chi connectivity index (χ0n) is 8.04. The van der Waals surface area contributed by atoms with Crippen LogP contribution in [0.2, 0.25) is 0 Å². The van der Waals surface area contributed by atoms with Crippen molar-refractivity contribution in [1.29, 1.82) is 0 Å². The Kier molecular flexibility index (Phi) is 3.34. The van der Waals surface area contributed by atoms with Crippen molar-refractivity contribution in [3.8, 4) is 0 Å². The van der Waals surface area contributed by atoms with Crippen LogP contribution in [-0.4, -0.2) is 10.9 Å². The fraction of sp³-hybridized carbons (Fsp3) is 0.300. The maximum Gasteiger partial charge on any atom is 0.417 e. The standard InChI is InChI=1S/C10H10F3NO/c1-2-9(14-15)7-5-3-4-6-8(7)10(11,12)13/h3-6,15H,2H2,1H3/b14-9+. The van der Waals surface area contributed by atoms with E-state index in [4.69, 9.17) is 5.21 Å². The Labute approximate surface area is 85.0 Å². The van der Waals surface area contributed by atoms with Crippen molar-refractivity contribution in [2.75, 3.05) is 0 Å². The number of benzene rings is 1. The van der Waals surface area contributed by atoms with Crippen LogP contribution in [0.5, 0.6) is 0 Å². The Morgan fingerprint density at radius 2 is 1.93 bits per heavy atom. The third-order valence-electron chi connectivity index (χ3n) is 2.00. The van der Waals surface area contributed by atoms with E-state index in [-0.39, 0.29) is 17.7 Å². The molecule has 0 aromatic heterocycles. The molecule has 0 saturated carbocycles. The lowest BCUT2D eigenvalue weighted by Crippen LogP contribution is -2.13. The van der Waals surface area contributed by atoms with Crippen LogP contribution in [0.1, 0.15) is 24.5 Å². The van der Waals surface area contributed by atoms with Gasteiger partial charge >= 0.3 is 6.18 Å². The minimum absolute atomic E-state index is 0.0305. The van der Waals surface area contributed by atoms with Crippen LogP contribution in [0.25, 0.3) is 0 Å². The predicted molar refractivity (Wildman–Crippen MR) is 50.1 cm³/mol. The van der Waals surface area contributed by atoms with Crippen molar-refractivity contribution in [3.63, 3.8) is 0 Å². The molecular formula is C10H10F3NO. The Morgan fingerprint density at radius 1 is 1.33 bits per heavy atom. The molecule has 1 aromatic carbocycles. The lowest BCUT2D eigenvalue weighted by Gasteiger charge is -2.12. The Balaban J connectivity index is 3.30. The molecule has 0 atom stereocenters. The molecule has 0 aliphatic rings. The number of hydrogen-bond donors (Lipinski definition) is 1. The van der Waals surface area contributed by atoms with Gasteiger partial charge in [-0.15, -0.1) is 0 Å². The fourth-order valence-electron chi connectivity index (χ4n) is 1.30. The summed E-state index contributed by atoms with van der Waals surface area (Å²) in [6.07, 6.45) is -4.19. The van der Waals surface area contributed by atoms with E-state index in [1.54, 1.807) is 6.92 Å². The van der Waals surface area contributed by atoms with E-state index in [0.29, 0.717) is 0 Å². The molecule has 0 aliphatic heterocycles. The molecule has 15 heavy (non-hydrogen) atoms. The van der Waals surface area contributed by atoms with Gasteiger partial charge in [-0.25, -0.2) is 0 Å². The highest BCUT2D eigenvalue weighted by Gasteiger charge is 2.33. The lowest BCUT2D eigenvalue weighted by atomic mass is 10.0. The molecule has 0 amide bonds. The summed E-state index contributed by atoms with van der Waals surface area (Å²) in [5.41, 5.74) is -0.822. The van der Waals surface area contributed by atoms with Crippen LogP contribution < -0.4 is 0 Å². The zero-order valence-corrected chi connectivity index (χ0v) is 8.04. The van der Waals surface area contributed by atoms with Crippen molar-refractivity contribution < 1.29 is 18.4 Å². The average Bonchev–Trinajstić information content (AvgIpc) is 2.19. The van der Waals surface area contributed by atoms with E-state index in [1.807, 2.05) is 0 Å². The number of alkyl halides is 3. The van der Waals surface area contributed by atoms with Gasteiger partial charge in [-0.3, -0.25) is 0 Å². The summed E-state index contributed by atoms with van der Waals surface area (Å²) in [5.74, 6) is 0. The van der Waals surface area contributed by atoms with Crippen molar-refractivity contribution in [2.24, 2.45) is 5.16 Å². The van der Waals surface area contributed by atoms with Crippen molar-refractivity contribution in [2.45, 2.75) is 19.5 Å². The van der Waals surface area contributed by atoms with Gasteiger partial charge in [0.05, 0.1) is 11.3 Å². The van der Waals surface area contributed by atoms with E-state index < -0.39 is 11.7 Å². The second-order valence-corrected chi connectivity index (χ2v) is 2.94. The maximum atomic E-state index is 12.5. The van der Waals surface area contributed by atoms with Gasteiger partial charge in [-0.05, 0) is 12.5 Å². The Morgan fingerprint density at radius 3 is 2.40 bits per heavy atom. The molecule has 0 bridgehead atoms. The van der Waals surface area contributed by atoms with E-state index in [2.05, 4.69) is 5.16 Å². The molecular weight excluding hydrogens is 207 g/mol. The highest BCUT2D eigenvalue weighted by molar-refractivity contribution is 6.01. The topological polar surface area (TPSA) is 32.6 Å². The van der Waals surface area contributed by atoms with E-state index in [0.717, 1.165) is 6.07 Å². The highest BCUT2D eigenvalue weighted by Crippen LogP contribution is 2.32. The first-order valence-corrected chi connectivity index (χ1v) is 4.38. The summed E-state index contributed by atoms with van der Waals surface area (Å²) in [7, 11) is 0. The summed E-state index contributed by atoms with van der Waals surface area (Å²) in [4.78, 5) is 0. The first-order valence-electron chi connectivity index (χ1n) is 4.38. The van der Waals surface area contributed by atoms with Gasteiger partial charge in [0.1, 0.15) is 0 Å². The SMILES string of the molecule is CC/C(=N\O)c1ccccc1C(F)(F)F. The third-order valence-corrected chi connectivity index (χ3v) is 2.00. The van der Waals surface area contributed by atoms with Gasteiger partial charge in [0.25, 0.3) is 0 Å². The monoisotopic (exact) mass is 217 g/mol. The highest BCUT2D eigenvalue weighted by atomic mass is 19.4. The maximum absolute atomic E-state index is 12.5. The summed E-state index contributed by atoms with van der Waals surface area (Å²) >= 11 is 0. The summed E-state index contributed by atoms with van der Waals surface area (Å²) in [6.45, 7) is 1.63. The van der Waals surface area contributed by atoms with Crippen LogP contribution in [0.3, 0.4) is 0 Å². The molecule has 2 nitrogen and oxygen atoms in total. The molecule has 1 rings (SSSR count). The molecule has 1 N–H and O–H groups in total. The molecule has 1 aromatic rings. The predicted octanol–water partition coefficient (Wildman–Crippen LogP) is 3.29. The first kappa shape index (κ1) is 11.6. The summed E-state index contributed by atoms with van der Waals surface area (Å²) < 4.78 is 37.6. The van der Waals surface area contributed by atoms with Crippen LogP contribution >= 0.6 is 0 Å². The van der Waals surface area contributed by atoms with Gasteiger partial charge < -0.3 is 5.21 Å². The largest absolute Gasteiger partial charge is 0.417 e. The minimum atomic E-state index is -4.43. The van der Waals surface area contributed by atoms with Crippen LogP contribution in [0.4, 0.5) is 13.2 Å². The van der Waals surface area contributed by atoms with Gasteiger partial charge in [-0.2, -0.15) is 13.2 Å². The van der Waals surface area contributed by atoms with Crippen molar-refractivity contribution in [1.82, 2.24) is 0 Å². The molecule has 0 radical (unpaired) electrons. The molecule has 0 unspecified atom stereocenters. The van der Waals surface area contributed by atoms with Gasteiger partial charge in [-0.1, -0.05) is 30.3 Å². The number of oxime groups is 1. The van der Waals surface area contributed by atoms with Gasteiger partial charge in [0.2, 0.25) is 0 Å². The molecule has 0 saturated heterocycles. The molecule has 0 heterocycles. The average molecular weight is 217 g/mol. The number of nitrogens with zero attached hydrogens (tertiary/aromatic N) is 1. The number of halogens is 3. The Hall–Kier alpha value is -1.52. The summed E-state index contributed by atoms with van der Waals surface area (Å²) in [5, 5.41) is 11.5. The second kappa shape index (κ2) is 4.33. The van der Waals surface area contributed by atoms with Gasteiger partial charge in [0, 0.05) is 5.56 Å². The van der Waals surface area contributed by atoms with Gasteiger partial charge in [0.15, 0.2) is 0 Å². The molecule has 5 heteroatoms. The zero-order chi connectivity index (χ0) is 11.5. The third kappa shape index (κ3) is 2.49. The van der Waals surface area contributed by atoms with Crippen molar-refractivity contribution >= 4 is 5.71 Å². The second-order valence-electron chi connectivity index (χ2n) is 2.94. The Bertz CT molecular complexity index is 371. The first-order chi connectivity index (χ1) is 7.00. The summed E-state index contributed by atoms with van der Waals surface area (Å²) in [6, 6.07) is 5.04. The number of hydrogen-bond acceptors (Lipinski definition) is 2.